The second kappa shape index (κ2) is 1.34. The lowest BCUT2D eigenvalue weighted by Gasteiger charge is -1.79. The molecular formula is C7H11O+. The van der Waals surface area contributed by atoms with Crippen molar-refractivity contribution in [2.75, 3.05) is 0 Å². The predicted octanol–water partition coefficient (Wildman–Crippen LogP) is 1.35. The Balaban J connectivity index is 1.93. The number of ketones is 1. The summed E-state index contributed by atoms with van der Waals surface area (Å²) in [7, 11) is 0. The predicted molar refractivity (Wildman–Crippen MR) is 32.4 cm³/mol. The molecule has 0 heterocycles. The second-order valence-corrected chi connectivity index (χ2v) is 2.97. The van der Waals surface area contributed by atoms with Crippen LogP contribution in [0.5, 0.6) is 0 Å². The molecule has 2 fully saturated rings. The average molecular weight is 111 g/mol. The summed E-state index contributed by atoms with van der Waals surface area (Å²) in [6.45, 7) is 0. The Kier molecular flexibility index (Phi) is 0.758. The highest BCUT2D eigenvalue weighted by Gasteiger charge is 2.45. The van der Waals surface area contributed by atoms with Crippen LogP contribution in [0.25, 0.3) is 0 Å². The molecule has 0 aromatic carbocycles. The first-order valence-corrected chi connectivity index (χ1v) is 3.43. The molecule has 8 heavy (non-hydrogen) atoms. The van der Waals surface area contributed by atoms with Gasteiger partial charge in [-0.2, -0.15) is 0 Å². The normalized spacial score (nSPS) is 28.0. The van der Waals surface area contributed by atoms with Crippen LogP contribution in [0.15, 0.2) is 0 Å². The molecule has 0 saturated heterocycles. The van der Waals surface area contributed by atoms with E-state index >= 15 is 0 Å². The quantitative estimate of drug-likeness (QED) is 0.480. The lowest BCUT2D eigenvalue weighted by Crippen LogP contribution is -2.01. The van der Waals surface area contributed by atoms with Crippen LogP contribution in [0.2, 0.25) is 0 Å². The Morgan fingerprint density at radius 3 is 1.62 bits per heavy atom. The van der Waals surface area contributed by atoms with Crippen molar-refractivity contribution in [2.45, 2.75) is 25.7 Å². The van der Waals surface area contributed by atoms with E-state index in [1.807, 2.05) is 0 Å². The van der Waals surface area contributed by atoms with Gasteiger partial charge in [0.05, 0.1) is 11.8 Å². The highest BCUT2D eigenvalue weighted by Crippen LogP contribution is 2.40. The molecule has 2 saturated carbocycles. The van der Waals surface area contributed by atoms with E-state index in [-0.39, 0.29) is 0 Å². The molecule has 0 spiro atoms. The molecule has 0 unspecified atom stereocenters. The summed E-state index contributed by atoms with van der Waals surface area (Å²) in [5, 5.41) is 0. The van der Waals surface area contributed by atoms with Gasteiger partial charge in [-0.1, -0.05) is 0 Å². The molecule has 44 valence electrons. The van der Waals surface area contributed by atoms with Crippen LogP contribution in [-0.2, 0) is 0 Å². The molecular weight excluding hydrogens is 100 g/mol. The Bertz CT molecular complexity index is 106. The fraction of sp³-hybridized carbons (Fsp3) is 0.857. The van der Waals surface area contributed by atoms with Gasteiger partial charge in [-0.25, -0.2) is 0 Å². The van der Waals surface area contributed by atoms with Gasteiger partial charge in [-0.15, -0.1) is 0 Å². The molecule has 0 aliphatic heterocycles. The first-order chi connectivity index (χ1) is 3.88. The summed E-state index contributed by atoms with van der Waals surface area (Å²) in [6, 6.07) is 0. The number of hydrogen-bond donors (Lipinski definition) is 0. The van der Waals surface area contributed by atoms with E-state index in [2.05, 4.69) is 0 Å². The van der Waals surface area contributed by atoms with Gasteiger partial charge in [0, 0.05) is 0 Å². The third-order valence-electron chi connectivity index (χ3n) is 1.99. The van der Waals surface area contributed by atoms with Crippen molar-refractivity contribution in [3.8, 4) is 0 Å². The topological polar surface area (TPSA) is 21.4 Å². The van der Waals surface area contributed by atoms with Crippen LogP contribution in [0.3, 0.4) is 0 Å². The van der Waals surface area contributed by atoms with Crippen LogP contribution in [0.1, 0.15) is 25.7 Å². The molecule has 0 atom stereocenters. The minimum absolute atomic E-state index is 0.627. The summed E-state index contributed by atoms with van der Waals surface area (Å²) in [6.07, 6.45) is 5.01. The van der Waals surface area contributed by atoms with E-state index in [9.17, 15) is 4.79 Å². The molecule has 0 aromatic heterocycles. The molecule has 1 N–H and O–H groups in total. The summed E-state index contributed by atoms with van der Waals surface area (Å²) in [4.78, 5) is 9.25. The van der Waals surface area contributed by atoms with Gasteiger partial charge >= 0.3 is 0 Å². The Labute approximate surface area is 49.1 Å². The maximum atomic E-state index is 9.25. The van der Waals surface area contributed by atoms with Crippen LogP contribution in [0, 0.1) is 11.8 Å². The van der Waals surface area contributed by atoms with Gasteiger partial charge in [0.15, 0.2) is 0 Å². The number of rotatable bonds is 2. The number of hydrogen-bond acceptors (Lipinski definition) is 0. The molecule has 1 nitrogen and oxygen atoms in total. The van der Waals surface area contributed by atoms with E-state index < -0.39 is 0 Å². The minimum Gasteiger partial charge on any atom is -0.283 e. The summed E-state index contributed by atoms with van der Waals surface area (Å²) in [5.74, 6) is 2.08. The lowest BCUT2D eigenvalue weighted by atomic mass is 10.2. The summed E-state index contributed by atoms with van der Waals surface area (Å²) in [5.41, 5.74) is 0. The molecule has 2 aliphatic rings. The third kappa shape index (κ3) is 0.662. The highest BCUT2D eigenvalue weighted by atomic mass is 16.1. The van der Waals surface area contributed by atoms with E-state index in [4.69, 9.17) is 0 Å². The zero-order valence-electron chi connectivity index (χ0n) is 4.93. The van der Waals surface area contributed by atoms with E-state index in [1.165, 1.54) is 25.7 Å². The molecule has 2 aliphatic carbocycles. The second-order valence-electron chi connectivity index (χ2n) is 2.97. The highest BCUT2D eigenvalue weighted by molar-refractivity contribution is 5.88. The van der Waals surface area contributed by atoms with Gasteiger partial charge in [0.2, 0.25) is 0 Å². The zero-order valence-corrected chi connectivity index (χ0v) is 4.93. The average Bonchev–Trinajstić information content (AvgIpc) is 2.63. The van der Waals surface area contributed by atoms with Crippen molar-refractivity contribution in [3.63, 3.8) is 0 Å². The van der Waals surface area contributed by atoms with Gasteiger partial charge in [-0.3, -0.25) is 4.79 Å². The Morgan fingerprint density at radius 1 is 1.00 bits per heavy atom. The monoisotopic (exact) mass is 111 g/mol. The lowest BCUT2D eigenvalue weighted by molar-refractivity contribution is 0.630. The maximum absolute atomic E-state index is 9.25. The third-order valence-corrected chi connectivity index (χ3v) is 1.99. The standard InChI is InChI=1S/C7H10O/c8-7(5-1-2-5)6-3-4-6/h5-6H,1-4H2/p+1. The van der Waals surface area contributed by atoms with Crippen molar-refractivity contribution >= 4 is 5.78 Å². The summed E-state index contributed by atoms with van der Waals surface area (Å²) >= 11 is 0. The van der Waals surface area contributed by atoms with Crippen molar-refractivity contribution in [1.29, 1.82) is 0 Å². The number of carbonyl (C=O) groups excluding carboxylic acids is 1. The first kappa shape index (κ1) is 4.54. The Morgan fingerprint density at radius 2 is 1.38 bits per heavy atom. The van der Waals surface area contributed by atoms with Crippen molar-refractivity contribution in [2.24, 2.45) is 11.8 Å². The van der Waals surface area contributed by atoms with Crippen LogP contribution >= 0.6 is 0 Å². The van der Waals surface area contributed by atoms with Crippen LogP contribution in [-0.4, -0.2) is 10.6 Å². The van der Waals surface area contributed by atoms with Crippen LogP contribution in [0.4, 0.5) is 0 Å². The molecule has 0 amide bonds. The molecule has 0 aromatic rings. The van der Waals surface area contributed by atoms with Crippen molar-refractivity contribution in [1.82, 2.24) is 0 Å². The Hall–Kier alpha value is -0.330. The molecule has 1 heteroatoms. The fourth-order valence-corrected chi connectivity index (χ4v) is 1.09. The van der Waals surface area contributed by atoms with Gasteiger partial charge in [0.1, 0.15) is 0 Å². The van der Waals surface area contributed by atoms with Gasteiger partial charge in [-0.05, 0) is 25.7 Å². The molecule has 0 radical (unpaired) electrons. The van der Waals surface area contributed by atoms with E-state index in [0.717, 1.165) is 5.78 Å². The zero-order chi connectivity index (χ0) is 5.56. The van der Waals surface area contributed by atoms with Gasteiger partial charge < -0.3 is 0 Å². The first-order valence-electron chi connectivity index (χ1n) is 3.43. The van der Waals surface area contributed by atoms with Gasteiger partial charge in [0.25, 0.3) is 5.78 Å². The smallest absolute Gasteiger partial charge is 0.283 e. The van der Waals surface area contributed by atoms with Crippen molar-refractivity contribution < 1.29 is 4.79 Å². The molecule has 2 rings (SSSR count). The summed E-state index contributed by atoms with van der Waals surface area (Å²) < 4.78 is 0. The maximum Gasteiger partial charge on any atom is 0.299 e. The van der Waals surface area contributed by atoms with Crippen molar-refractivity contribution in [3.05, 3.63) is 0 Å². The molecule has 0 bridgehead atoms. The van der Waals surface area contributed by atoms with Crippen LogP contribution < -0.4 is 0 Å². The largest absolute Gasteiger partial charge is 0.299 e. The SMILES string of the molecule is [OH+]=C(C1CC1)C1CC1. The fourth-order valence-electron chi connectivity index (χ4n) is 1.09. The minimum atomic E-state index is 0.627. The van der Waals surface area contributed by atoms with E-state index in [0.29, 0.717) is 11.8 Å². The van der Waals surface area contributed by atoms with E-state index in [1.54, 1.807) is 0 Å².